The zero-order valence-electron chi connectivity index (χ0n) is 10.3. The molecule has 0 saturated heterocycles. The van der Waals surface area contributed by atoms with Crippen molar-refractivity contribution in [1.82, 2.24) is 5.32 Å². The first kappa shape index (κ1) is 13.3. The van der Waals surface area contributed by atoms with E-state index < -0.39 is 5.60 Å². The average Bonchev–Trinajstić information content (AvgIpc) is 2.71. The van der Waals surface area contributed by atoms with Gasteiger partial charge in [0.2, 0.25) is 0 Å². The van der Waals surface area contributed by atoms with Crippen molar-refractivity contribution in [3.63, 3.8) is 0 Å². The van der Waals surface area contributed by atoms with Gasteiger partial charge in [-0.2, -0.15) is 0 Å². The van der Waals surface area contributed by atoms with Crippen molar-refractivity contribution < 1.29 is 9.52 Å². The van der Waals surface area contributed by atoms with Gasteiger partial charge in [-0.15, -0.1) is 0 Å². The second-order valence-electron chi connectivity index (χ2n) is 4.41. The summed E-state index contributed by atoms with van der Waals surface area (Å²) < 4.78 is 5.22. The third-order valence-corrected chi connectivity index (χ3v) is 2.76. The van der Waals surface area contributed by atoms with Crippen LogP contribution in [0, 0.1) is 0 Å². The van der Waals surface area contributed by atoms with Gasteiger partial charge in [0.15, 0.2) is 0 Å². The largest absolute Gasteiger partial charge is 0.468 e. The number of furan rings is 1. The minimum Gasteiger partial charge on any atom is -0.468 e. The summed E-state index contributed by atoms with van der Waals surface area (Å²) in [5.74, 6) is 0.912. The Bertz CT molecular complexity index is 263. The fourth-order valence-electron chi connectivity index (χ4n) is 2.06. The van der Waals surface area contributed by atoms with Gasteiger partial charge in [-0.05, 0) is 25.0 Å². The normalized spacial score (nSPS) is 11.9. The van der Waals surface area contributed by atoms with E-state index in [1.807, 2.05) is 12.1 Å². The number of hydrogen-bond acceptors (Lipinski definition) is 3. The van der Waals surface area contributed by atoms with Crippen LogP contribution in [0.2, 0.25) is 0 Å². The van der Waals surface area contributed by atoms with Crippen molar-refractivity contribution >= 4 is 0 Å². The molecule has 3 nitrogen and oxygen atoms in total. The van der Waals surface area contributed by atoms with E-state index in [9.17, 15) is 5.11 Å². The maximum atomic E-state index is 10.3. The monoisotopic (exact) mass is 225 g/mol. The SMILES string of the molecule is CCCC(O)(CCC)CNCc1ccco1. The predicted octanol–water partition coefficient (Wildman–Crippen LogP) is 2.70. The van der Waals surface area contributed by atoms with Crippen LogP contribution >= 0.6 is 0 Å². The van der Waals surface area contributed by atoms with Crippen LogP contribution in [0.1, 0.15) is 45.3 Å². The van der Waals surface area contributed by atoms with Gasteiger partial charge in [-0.1, -0.05) is 26.7 Å². The number of nitrogens with one attached hydrogen (secondary N) is 1. The lowest BCUT2D eigenvalue weighted by Gasteiger charge is -2.27. The molecule has 0 saturated carbocycles. The van der Waals surface area contributed by atoms with Gasteiger partial charge in [0.1, 0.15) is 5.76 Å². The fourth-order valence-corrected chi connectivity index (χ4v) is 2.06. The van der Waals surface area contributed by atoms with Crippen LogP contribution in [0.25, 0.3) is 0 Å². The molecule has 0 aliphatic rings. The quantitative estimate of drug-likeness (QED) is 0.715. The molecule has 0 aliphatic heterocycles. The molecule has 0 amide bonds. The zero-order valence-corrected chi connectivity index (χ0v) is 10.3. The molecule has 1 heterocycles. The summed E-state index contributed by atoms with van der Waals surface area (Å²) in [7, 11) is 0. The molecule has 16 heavy (non-hydrogen) atoms. The van der Waals surface area contributed by atoms with E-state index in [2.05, 4.69) is 19.2 Å². The summed E-state index contributed by atoms with van der Waals surface area (Å²) in [4.78, 5) is 0. The van der Waals surface area contributed by atoms with Crippen LogP contribution in [-0.4, -0.2) is 17.3 Å². The van der Waals surface area contributed by atoms with Gasteiger partial charge in [0.05, 0.1) is 18.4 Å². The Morgan fingerprint density at radius 1 is 1.31 bits per heavy atom. The van der Waals surface area contributed by atoms with Crippen LogP contribution in [0.4, 0.5) is 0 Å². The fraction of sp³-hybridized carbons (Fsp3) is 0.692. The molecule has 0 radical (unpaired) electrons. The Morgan fingerprint density at radius 3 is 2.50 bits per heavy atom. The van der Waals surface area contributed by atoms with E-state index in [1.165, 1.54) is 0 Å². The van der Waals surface area contributed by atoms with Crippen LogP contribution in [0.15, 0.2) is 22.8 Å². The highest BCUT2D eigenvalue weighted by Gasteiger charge is 2.24. The Hall–Kier alpha value is -0.800. The molecule has 0 bridgehead atoms. The topological polar surface area (TPSA) is 45.4 Å². The van der Waals surface area contributed by atoms with Crippen LogP contribution < -0.4 is 5.32 Å². The average molecular weight is 225 g/mol. The van der Waals surface area contributed by atoms with Crippen molar-refractivity contribution in [2.45, 2.75) is 51.7 Å². The molecule has 0 aliphatic carbocycles. The molecule has 1 aromatic rings. The molecule has 1 rings (SSSR count). The Balaban J connectivity index is 2.32. The van der Waals surface area contributed by atoms with Crippen molar-refractivity contribution in [2.75, 3.05) is 6.54 Å². The molecule has 0 spiro atoms. The van der Waals surface area contributed by atoms with Crippen molar-refractivity contribution in [2.24, 2.45) is 0 Å². The van der Waals surface area contributed by atoms with E-state index in [4.69, 9.17) is 4.42 Å². The van der Waals surface area contributed by atoms with Gasteiger partial charge >= 0.3 is 0 Å². The summed E-state index contributed by atoms with van der Waals surface area (Å²) in [6, 6.07) is 3.81. The van der Waals surface area contributed by atoms with E-state index in [-0.39, 0.29) is 0 Å². The van der Waals surface area contributed by atoms with Crippen LogP contribution in [0.5, 0.6) is 0 Å². The standard InChI is InChI=1S/C13H23NO2/c1-3-7-13(15,8-4-2)11-14-10-12-6-5-9-16-12/h5-6,9,14-15H,3-4,7-8,10-11H2,1-2H3. The summed E-state index contributed by atoms with van der Waals surface area (Å²) in [5, 5.41) is 13.6. The molecular formula is C13H23NO2. The Kier molecular flexibility index (Phi) is 5.56. The van der Waals surface area contributed by atoms with E-state index in [0.717, 1.165) is 31.4 Å². The maximum absolute atomic E-state index is 10.3. The minimum atomic E-state index is -0.559. The third kappa shape index (κ3) is 4.37. The second-order valence-corrected chi connectivity index (χ2v) is 4.41. The lowest BCUT2D eigenvalue weighted by molar-refractivity contribution is 0.0211. The molecular weight excluding hydrogens is 202 g/mol. The van der Waals surface area contributed by atoms with Crippen molar-refractivity contribution in [3.05, 3.63) is 24.2 Å². The first-order valence-electron chi connectivity index (χ1n) is 6.15. The minimum absolute atomic E-state index is 0.559. The van der Waals surface area contributed by atoms with Crippen LogP contribution in [0.3, 0.4) is 0 Å². The maximum Gasteiger partial charge on any atom is 0.117 e. The van der Waals surface area contributed by atoms with E-state index in [0.29, 0.717) is 13.1 Å². The Labute approximate surface area is 97.9 Å². The van der Waals surface area contributed by atoms with Gasteiger partial charge < -0.3 is 14.8 Å². The zero-order chi connectivity index (χ0) is 11.9. The molecule has 92 valence electrons. The number of rotatable bonds is 8. The highest BCUT2D eigenvalue weighted by molar-refractivity contribution is 4.97. The molecule has 0 unspecified atom stereocenters. The van der Waals surface area contributed by atoms with Gasteiger partial charge in [0, 0.05) is 6.54 Å². The summed E-state index contributed by atoms with van der Waals surface area (Å²) in [5.41, 5.74) is -0.559. The second kappa shape index (κ2) is 6.71. The molecule has 0 aromatic carbocycles. The first-order chi connectivity index (χ1) is 7.70. The molecule has 0 atom stereocenters. The van der Waals surface area contributed by atoms with Gasteiger partial charge in [-0.25, -0.2) is 0 Å². The first-order valence-corrected chi connectivity index (χ1v) is 6.15. The Morgan fingerprint density at radius 2 is 2.00 bits per heavy atom. The predicted molar refractivity (Wildman–Crippen MR) is 65.2 cm³/mol. The lowest BCUT2D eigenvalue weighted by atomic mass is 9.93. The summed E-state index contributed by atoms with van der Waals surface area (Å²) >= 11 is 0. The number of hydrogen-bond donors (Lipinski definition) is 2. The number of aliphatic hydroxyl groups is 1. The lowest BCUT2D eigenvalue weighted by Crippen LogP contribution is -2.40. The molecule has 2 N–H and O–H groups in total. The molecule has 3 heteroatoms. The highest BCUT2D eigenvalue weighted by atomic mass is 16.3. The summed E-state index contributed by atoms with van der Waals surface area (Å²) in [6.07, 6.45) is 5.40. The third-order valence-electron chi connectivity index (χ3n) is 2.76. The smallest absolute Gasteiger partial charge is 0.117 e. The van der Waals surface area contributed by atoms with Gasteiger partial charge in [0.25, 0.3) is 0 Å². The van der Waals surface area contributed by atoms with Crippen molar-refractivity contribution in [1.29, 1.82) is 0 Å². The summed E-state index contributed by atoms with van der Waals surface area (Å²) in [6.45, 7) is 5.53. The molecule has 1 aromatic heterocycles. The van der Waals surface area contributed by atoms with Gasteiger partial charge in [-0.3, -0.25) is 0 Å². The molecule has 0 fully saturated rings. The van der Waals surface area contributed by atoms with Crippen LogP contribution in [-0.2, 0) is 6.54 Å². The van der Waals surface area contributed by atoms with E-state index in [1.54, 1.807) is 6.26 Å². The highest BCUT2D eigenvalue weighted by Crippen LogP contribution is 2.18. The van der Waals surface area contributed by atoms with E-state index >= 15 is 0 Å². The van der Waals surface area contributed by atoms with Crippen molar-refractivity contribution in [3.8, 4) is 0 Å².